The molecule has 23 heavy (non-hydrogen) atoms. The first-order chi connectivity index (χ1) is 11.1. The summed E-state index contributed by atoms with van der Waals surface area (Å²) in [5, 5.41) is 0. The highest BCUT2D eigenvalue weighted by Gasteiger charge is 2.63. The van der Waals surface area contributed by atoms with Crippen molar-refractivity contribution < 1.29 is 19.0 Å². The van der Waals surface area contributed by atoms with E-state index < -0.39 is 5.60 Å². The molecule has 0 N–H and O–H groups in total. The molecule has 1 aromatic heterocycles. The molecule has 5 heteroatoms. The molecule has 5 nitrogen and oxygen atoms in total. The lowest BCUT2D eigenvalue weighted by atomic mass is 9.73. The second-order valence-electron chi connectivity index (χ2n) is 6.72. The molecule has 0 radical (unpaired) electrons. The molecule has 1 unspecified atom stereocenters. The number of ether oxygens (including phenoxy) is 3. The number of hydrogen-bond donors (Lipinski definition) is 0. The van der Waals surface area contributed by atoms with Gasteiger partial charge in [-0.05, 0) is 43.2 Å². The molecular formula is C18H21NO4. The number of pyridine rings is 1. The molecule has 3 aliphatic rings. The van der Waals surface area contributed by atoms with Gasteiger partial charge in [0.05, 0.1) is 19.3 Å². The van der Waals surface area contributed by atoms with E-state index in [4.69, 9.17) is 14.2 Å². The van der Waals surface area contributed by atoms with Crippen LogP contribution in [-0.2, 0) is 20.9 Å². The summed E-state index contributed by atoms with van der Waals surface area (Å²) in [6.07, 6.45) is 6.56. The van der Waals surface area contributed by atoms with Crippen LogP contribution in [0.5, 0.6) is 5.88 Å². The van der Waals surface area contributed by atoms with Gasteiger partial charge in [-0.2, -0.15) is 0 Å². The molecule has 2 fully saturated rings. The highest BCUT2D eigenvalue weighted by atomic mass is 16.6. The molecule has 1 aliphatic heterocycles. The molecule has 0 bridgehead atoms. The number of esters is 1. The molecule has 4 atom stereocenters. The topological polar surface area (TPSA) is 57.6 Å². The van der Waals surface area contributed by atoms with Crippen LogP contribution in [0.3, 0.4) is 0 Å². The fraction of sp³-hybridized carbons (Fsp3) is 0.556. The first kappa shape index (κ1) is 14.7. The van der Waals surface area contributed by atoms with E-state index in [0.717, 1.165) is 30.4 Å². The van der Waals surface area contributed by atoms with Crippen molar-refractivity contribution in [1.82, 2.24) is 4.98 Å². The van der Waals surface area contributed by atoms with Gasteiger partial charge in [0.1, 0.15) is 11.7 Å². The number of carbonyl (C=O) groups excluding carboxylic acids is 1. The van der Waals surface area contributed by atoms with Crippen LogP contribution in [0.2, 0.25) is 0 Å². The van der Waals surface area contributed by atoms with Gasteiger partial charge in [0.25, 0.3) is 0 Å². The minimum atomic E-state index is -0.579. The van der Waals surface area contributed by atoms with Crippen molar-refractivity contribution in [3.63, 3.8) is 0 Å². The van der Waals surface area contributed by atoms with E-state index >= 15 is 0 Å². The second kappa shape index (κ2) is 5.34. The molecular weight excluding hydrogens is 294 g/mol. The summed E-state index contributed by atoms with van der Waals surface area (Å²) in [6.45, 7) is 2.52. The van der Waals surface area contributed by atoms with Gasteiger partial charge in [0.15, 0.2) is 0 Å². The van der Waals surface area contributed by atoms with Crippen LogP contribution in [0.1, 0.15) is 31.7 Å². The van der Waals surface area contributed by atoms with Crippen molar-refractivity contribution in [1.29, 1.82) is 0 Å². The normalized spacial score (nSPS) is 34.8. The Hall–Kier alpha value is -1.88. The van der Waals surface area contributed by atoms with E-state index in [1.165, 1.54) is 0 Å². The van der Waals surface area contributed by atoms with Gasteiger partial charge < -0.3 is 14.2 Å². The van der Waals surface area contributed by atoms with Crippen LogP contribution >= 0.6 is 0 Å². The van der Waals surface area contributed by atoms with Crippen LogP contribution in [-0.4, -0.2) is 29.8 Å². The molecule has 122 valence electrons. The Morgan fingerprint density at radius 1 is 1.43 bits per heavy atom. The maximum Gasteiger partial charge on any atom is 0.337 e. The summed E-state index contributed by atoms with van der Waals surface area (Å²) in [4.78, 5) is 16.5. The zero-order valence-corrected chi connectivity index (χ0v) is 13.5. The Balaban J connectivity index is 1.66. The molecule has 0 amide bonds. The number of hydrogen-bond acceptors (Lipinski definition) is 5. The molecule has 1 saturated carbocycles. The maximum atomic E-state index is 12.3. The molecule has 4 rings (SSSR count). The van der Waals surface area contributed by atoms with Crippen molar-refractivity contribution in [3.05, 3.63) is 35.5 Å². The van der Waals surface area contributed by atoms with E-state index in [9.17, 15) is 4.79 Å². The Bertz CT molecular complexity index is 671. The van der Waals surface area contributed by atoms with Gasteiger partial charge in [-0.15, -0.1) is 0 Å². The maximum absolute atomic E-state index is 12.3. The monoisotopic (exact) mass is 315 g/mol. The number of nitrogens with zero attached hydrogens (tertiary/aromatic N) is 1. The van der Waals surface area contributed by atoms with Crippen molar-refractivity contribution in [2.45, 2.75) is 44.5 Å². The molecule has 2 aliphatic carbocycles. The van der Waals surface area contributed by atoms with E-state index in [1.54, 1.807) is 13.3 Å². The number of allylic oxidation sites excluding steroid dienone is 1. The van der Waals surface area contributed by atoms with Gasteiger partial charge in [-0.1, -0.05) is 13.0 Å². The smallest absolute Gasteiger partial charge is 0.337 e. The lowest BCUT2D eigenvalue weighted by Crippen LogP contribution is -2.46. The summed E-state index contributed by atoms with van der Waals surface area (Å²) in [7, 11) is 1.60. The quantitative estimate of drug-likeness (QED) is 0.800. The summed E-state index contributed by atoms with van der Waals surface area (Å²) in [5.41, 5.74) is 1.04. The van der Waals surface area contributed by atoms with Crippen molar-refractivity contribution >= 4 is 5.97 Å². The first-order valence-corrected chi connectivity index (χ1v) is 8.20. The third kappa shape index (κ3) is 2.10. The van der Waals surface area contributed by atoms with E-state index in [-0.39, 0.29) is 12.1 Å². The van der Waals surface area contributed by atoms with Gasteiger partial charge in [-0.3, -0.25) is 0 Å². The average molecular weight is 315 g/mol. The van der Waals surface area contributed by atoms with Crippen LogP contribution < -0.4 is 4.74 Å². The third-order valence-electron chi connectivity index (χ3n) is 5.37. The first-order valence-electron chi connectivity index (χ1n) is 8.20. The fourth-order valence-electron chi connectivity index (χ4n) is 4.43. The summed E-state index contributed by atoms with van der Waals surface area (Å²) in [6, 6.07) is 3.81. The van der Waals surface area contributed by atoms with E-state index in [1.807, 2.05) is 18.2 Å². The molecule has 2 heterocycles. The number of rotatable bonds is 4. The van der Waals surface area contributed by atoms with Gasteiger partial charge >= 0.3 is 5.97 Å². The van der Waals surface area contributed by atoms with Crippen molar-refractivity contribution in [2.75, 3.05) is 7.11 Å². The predicted molar refractivity (Wildman–Crippen MR) is 82.8 cm³/mol. The largest absolute Gasteiger partial charge is 0.481 e. The Labute approximate surface area is 135 Å². The summed E-state index contributed by atoms with van der Waals surface area (Å²) < 4.78 is 17.3. The second-order valence-corrected chi connectivity index (χ2v) is 6.72. The van der Waals surface area contributed by atoms with Crippen LogP contribution in [0.15, 0.2) is 30.0 Å². The zero-order valence-electron chi connectivity index (χ0n) is 13.5. The number of aromatic nitrogens is 1. The number of carbonyl (C=O) groups is 1. The van der Waals surface area contributed by atoms with Gasteiger partial charge in [0, 0.05) is 11.8 Å². The minimum absolute atomic E-state index is 0.151. The lowest BCUT2D eigenvalue weighted by molar-refractivity contribution is -0.142. The zero-order chi connectivity index (χ0) is 16.0. The molecule has 0 aromatic carbocycles. The Morgan fingerprint density at radius 2 is 2.30 bits per heavy atom. The summed E-state index contributed by atoms with van der Waals surface area (Å²) in [5.74, 6) is 1.10. The van der Waals surface area contributed by atoms with Gasteiger partial charge in [0.2, 0.25) is 5.88 Å². The Kier molecular flexibility index (Phi) is 3.41. The molecule has 1 saturated heterocycles. The van der Waals surface area contributed by atoms with E-state index in [2.05, 4.69) is 11.9 Å². The average Bonchev–Trinajstić information content (AvgIpc) is 3.04. The predicted octanol–water partition coefficient (Wildman–Crippen LogP) is 2.65. The number of methoxy groups -OCH3 is 1. The Morgan fingerprint density at radius 3 is 3.13 bits per heavy atom. The van der Waals surface area contributed by atoms with Crippen molar-refractivity contribution in [2.24, 2.45) is 11.8 Å². The standard InChI is InChI=1S/C18H21NO4/c1-11-8-13-5-6-15-18(13,14(9-11)17(20)23-15)22-10-12-4-3-7-19-16(12)21-2/h3-4,7,9,11,13,15H,5-6,8,10H2,1-2H3/t11-,13?,15+,18-/m0/s1. The van der Waals surface area contributed by atoms with E-state index in [0.29, 0.717) is 24.3 Å². The SMILES string of the molecule is COc1ncccc1CO[C@]12C3=C[C@@H](C)CC1CC[C@H]2OC3=O. The third-order valence-corrected chi connectivity index (χ3v) is 5.37. The van der Waals surface area contributed by atoms with Crippen LogP contribution in [0.4, 0.5) is 0 Å². The van der Waals surface area contributed by atoms with Crippen molar-refractivity contribution in [3.8, 4) is 5.88 Å². The van der Waals surface area contributed by atoms with Crippen LogP contribution in [0, 0.1) is 11.8 Å². The highest BCUT2D eigenvalue weighted by Crippen LogP contribution is 2.55. The molecule has 0 spiro atoms. The van der Waals surface area contributed by atoms with Gasteiger partial charge in [-0.25, -0.2) is 9.78 Å². The highest BCUT2D eigenvalue weighted by molar-refractivity contribution is 5.94. The lowest BCUT2D eigenvalue weighted by Gasteiger charge is -2.38. The van der Waals surface area contributed by atoms with Crippen LogP contribution in [0.25, 0.3) is 0 Å². The fourth-order valence-corrected chi connectivity index (χ4v) is 4.43. The molecule has 1 aromatic rings. The summed E-state index contributed by atoms with van der Waals surface area (Å²) >= 11 is 0. The minimum Gasteiger partial charge on any atom is -0.481 e.